The van der Waals surface area contributed by atoms with Gasteiger partial charge in [-0.05, 0) is 37.1 Å². The van der Waals surface area contributed by atoms with Crippen LogP contribution in [0.2, 0.25) is 0 Å². The third kappa shape index (κ3) is 2.17. The summed E-state index contributed by atoms with van der Waals surface area (Å²) in [4.78, 5) is 0. The van der Waals surface area contributed by atoms with Crippen molar-refractivity contribution >= 4 is 5.69 Å². The number of nitrogens with one attached hydrogen (secondary N) is 1. The quantitative estimate of drug-likeness (QED) is 0.743. The molecule has 3 nitrogen and oxygen atoms in total. The van der Waals surface area contributed by atoms with E-state index in [1.54, 1.807) is 7.11 Å². The SMILES string of the molecule is COc1cc(C)c(NCC#N)cc1C. The first kappa shape index (κ1) is 10.4. The minimum atomic E-state index is 0.326. The van der Waals surface area contributed by atoms with Crippen LogP contribution in [0.5, 0.6) is 5.75 Å². The van der Waals surface area contributed by atoms with Crippen LogP contribution >= 0.6 is 0 Å². The van der Waals surface area contributed by atoms with Crippen molar-refractivity contribution in [3.63, 3.8) is 0 Å². The van der Waals surface area contributed by atoms with Crippen LogP contribution in [0.25, 0.3) is 0 Å². The predicted molar refractivity (Wildman–Crippen MR) is 56.6 cm³/mol. The number of anilines is 1. The van der Waals surface area contributed by atoms with Gasteiger partial charge in [-0.1, -0.05) is 0 Å². The number of rotatable bonds is 3. The third-order valence-electron chi connectivity index (χ3n) is 2.10. The lowest BCUT2D eigenvalue weighted by Crippen LogP contribution is -2.01. The fourth-order valence-corrected chi connectivity index (χ4v) is 1.33. The Morgan fingerprint density at radius 3 is 2.64 bits per heavy atom. The van der Waals surface area contributed by atoms with E-state index in [1.165, 1.54) is 0 Å². The summed E-state index contributed by atoms with van der Waals surface area (Å²) in [7, 11) is 1.66. The van der Waals surface area contributed by atoms with E-state index in [0.29, 0.717) is 6.54 Å². The molecular weight excluding hydrogens is 176 g/mol. The summed E-state index contributed by atoms with van der Waals surface area (Å²) in [5, 5.41) is 11.5. The maximum absolute atomic E-state index is 8.45. The first-order valence-corrected chi connectivity index (χ1v) is 4.45. The number of nitriles is 1. The van der Waals surface area contributed by atoms with Gasteiger partial charge in [-0.15, -0.1) is 0 Å². The summed E-state index contributed by atoms with van der Waals surface area (Å²) < 4.78 is 5.19. The lowest BCUT2D eigenvalue weighted by atomic mass is 10.1. The van der Waals surface area contributed by atoms with Gasteiger partial charge in [-0.25, -0.2) is 0 Å². The van der Waals surface area contributed by atoms with Gasteiger partial charge in [-0.3, -0.25) is 0 Å². The minimum absolute atomic E-state index is 0.326. The molecule has 0 aliphatic rings. The average molecular weight is 190 g/mol. The summed E-state index contributed by atoms with van der Waals surface area (Å²) >= 11 is 0. The Balaban J connectivity index is 2.97. The zero-order valence-corrected chi connectivity index (χ0v) is 8.72. The standard InChI is InChI=1S/C11H14N2O/c1-8-7-11(14-3)9(2)6-10(8)13-5-4-12/h6-7,13H,5H2,1-3H3. The summed E-state index contributed by atoms with van der Waals surface area (Å²) in [5.74, 6) is 0.880. The van der Waals surface area contributed by atoms with Crippen molar-refractivity contribution in [2.45, 2.75) is 13.8 Å². The smallest absolute Gasteiger partial charge is 0.122 e. The molecular formula is C11H14N2O. The van der Waals surface area contributed by atoms with E-state index in [0.717, 1.165) is 22.6 Å². The van der Waals surface area contributed by atoms with Gasteiger partial charge in [0.1, 0.15) is 12.3 Å². The number of aryl methyl sites for hydroxylation is 2. The molecule has 1 aromatic rings. The molecule has 74 valence electrons. The van der Waals surface area contributed by atoms with Crippen LogP contribution in [0, 0.1) is 25.2 Å². The molecule has 1 N–H and O–H groups in total. The molecule has 0 heterocycles. The highest BCUT2D eigenvalue weighted by Crippen LogP contribution is 2.25. The zero-order chi connectivity index (χ0) is 10.6. The molecule has 3 heteroatoms. The molecule has 0 unspecified atom stereocenters. The fourth-order valence-electron chi connectivity index (χ4n) is 1.33. The van der Waals surface area contributed by atoms with Gasteiger partial charge in [0.05, 0.1) is 13.2 Å². The van der Waals surface area contributed by atoms with Crippen molar-refractivity contribution in [1.29, 1.82) is 5.26 Å². The predicted octanol–water partition coefficient (Wildman–Crippen LogP) is 2.25. The molecule has 1 rings (SSSR count). The van der Waals surface area contributed by atoms with Gasteiger partial charge in [0.2, 0.25) is 0 Å². The van der Waals surface area contributed by atoms with E-state index in [4.69, 9.17) is 10.00 Å². The van der Waals surface area contributed by atoms with E-state index < -0.39 is 0 Å². The van der Waals surface area contributed by atoms with Gasteiger partial charge < -0.3 is 10.1 Å². The molecule has 0 atom stereocenters. The molecule has 0 aromatic heterocycles. The van der Waals surface area contributed by atoms with Crippen LogP contribution in [0.1, 0.15) is 11.1 Å². The maximum atomic E-state index is 8.45. The van der Waals surface area contributed by atoms with Crippen LogP contribution in [-0.4, -0.2) is 13.7 Å². The second-order valence-corrected chi connectivity index (χ2v) is 3.15. The molecule has 0 fully saturated rings. The number of ether oxygens (including phenoxy) is 1. The van der Waals surface area contributed by atoms with E-state index in [-0.39, 0.29) is 0 Å². The Morgan fingerprint density at radius 1 is 1.36 bits per heavy atom. The Labute approximate surface area is 84.3 Å². The molecule has 0 aliphatic carbocycles. The maximum Gasteiger partial charge on any atom is 0.122 e. The van der Waals surface area contributed by atoms with E-state index >= 15 is 0 Å². The normalized spacial score (nSPS) is 9.29. The highest BCUT2D eigenvalue weighted by molar-refractivity contribution is 5.57. The Kier molecular flexibility index (Phi) is 3.35. The van der Waals surface area contributed by atoms with E-state index in [2.05, 4.69) is 5.32 Å². The van der Waals surface area contributed by atoms with Crippen molar-refractivity contribution in [2.24, 2.45) is 0 Å². The number of hydrogen-bond donors (Lipinski definition) is 1. The summed E-state index contributed by atoms with van der Waals surface area (Å²) in [6, 6.07) is 6.01. The minimum Gasteiger partial charge on any atom is -0.496 e. The van der Waals surface area contributed by atoms with Crippen molar-refractivity contribution in [3.05, 3.63) is 23.3 Å². The summed E-state index contributed by atoms with van der Waals surface area (Å²) in [6.07, 6.45) is 0. The van der Waals surface area contributed by atoms with Crippen LogP contribution in [0.15, 0.2) is 12.1 Å². The van der Waals surface area contributed by atoms with Crippen molar-refractivity contribution in [3.8, 4) is 11.8 Å². The van der Waals surface area contributed by atoms with Crippen LogP contribution in [0.4, 0.5) is 5.69 Å². The van der Waals surface area contributed by atoms with Crippen molar-refractivity contribution in [2.75, 3.05) is 19.0 Å². The molecule has 14 heavy (non-hydrogen) atoms. The first-order valence-electron chi connectivity index (χ1n) is 4.45. The highest BCUT2D eigenvalue weighted by Gasteiger charge is 2.03. The lowest BCUT2D eigenvalue weighted by Gasteiger charge is -2.11. The second kappa shape index (κ2) is 4.52. The summed E-state index contributed by atoms with van der Waals surface area (Å²) in [6.45, 7) is 4.30. The molecule has 0 saturated heterocycles. The molecule has 0 radical (unpaired) electrons. The molecule has 0 bridgehead atoms. The van der Waals surface area contributed by atoms with Gasteiger partial charge >= 0.3 is 0 Å². The average Bonchev–Trinajstić information content (AvgIpc) is 2.18. The fraction of sp³-hybridized carbons (Fsp3) is 0.364. The number of benzene rings is 1. The van der Waals surface area contributed by atoms with Crippen LogP contribution in [0.3, 0.4) is 0 Å². The summed E-state index contributed by atoms with van der Waals surface area (Å²) in [5.41, 5.74) is 3.14. The van der Waals surface area contributed by atoms with Gasteiger partial charge in [0.15, 0.2) is 0 Å². The van der Waals surface area contributed by atoms with Crippen LogP contribution < -0.4 is 10.1 Å². The van der Waals surface area contributed by atoms with Crippen LogP contribution in [-0.2, 0) is 0 Å². The zero-order valence-electron chi connectivity index (χ0n) is 8.72. The molecule has 0 saturated carbocycles. The lowest BCUT2D eigenvalue weighted by molar-refractivity contribution is 0.411. The second-order valence-electron chi connectivity index (χ2n) is 3.15. The van der Waals surface area contributed by atoms with Crippen molar-refractivity contribution in [1.82, 2.24) is 0 Å². The topological polar surface area (TPSA) is 45.0 Å². The molecule has 0 amide bonds. The Bertz CT molecular complexity index is 366. The Morgan fingerprint density at radius 2 is 2.07 bits per heavy atom. The monoisotopic (exact) mass is 190 g/mol. The molecule has 0 aliphatic heterocycles. The highest BCUT2D eigenvalue weighted by atomic mass is 16.5. The molecule has 1 aromatic carbocycles. The number of methoxy groups -OCH3 is 1. The number of hydrogen-bond acceptors (Lipinski definition) is 3. The molecule has 0 spiro atoms. The number of nitrogens with zero attached hydrogens (tertiary/aromatic N) is 1. The Hall–Kier alpha value is -1.69. The van der Waals surface area contributed by atoms with Gasteiger partial charge in [0, 0.05) is 5.69 Å². The van der Waals surface area contributed by atoms with Crippen molar-refractivity contribution < 1.29 is 4.74 Å². The first-order chi connectivity index (χ1) is 6.69. The third-order valence-corrected chi connectivity index (χ3v) is 2.10. The van der Waals surface area contributed by atoms with E-state index in [1.807, 2.05) is 32.0 Å². The largest absolute Gasteiger partial charge is 0.496 e. The van der Waals surface area contributed by atoms with E-state index in [9.17, 15) is 0 Å². The van der Waals surface area contributed by atoms with Gasteiger partial charge in [-0.2, -0.15) is 5.26 Å². The van der Waals surface area contributed by atoms with Gasteiger partial charge in [0.25, 0.3) is 0 Å².